The molecule has 0 saturated heterocycles. The van der Waals surface area contributed by atoms with Gasteiger partial charge in [-0.2, -0.15) is 0 Å². The SMILES string of the molecule is c1ccc(-c2ccc(-n3c4cc(-c5cccc6c5c5ccccc5n6-c5ccccc5)ccc4c4cccnc43)cc2)cc1. The molecule has 9 aromatic rings. The Labute approximate surface area is 254 Å². The average Bonchev–Trinajstić information content (AvgIpc) is 3.62. The molecule has 0 unspecified atom stereocenters. The Bertz CT molecular complexity index is 2470. The van der Waals surface area contributed by atoms with Gasteiger partial charge in [0.05, 0.1) is 16.6 Å². The fourth-order valence-corrected chi connectivity index (χ4v) is 6.82. The van der Waals surface area contributed by atoms with E-state index in [2.05, 4.69) is 161 Å². The first kappa shape index (κ1) is 24.6. The number of para-hydroxylation sites is 2. The van der Waals surface area contributed by atoms with Crippen LogP contribution in [0.25, 0.3) is 77.4 Å². The second-order valence-electron chi connectivity index (χ2n) is 11.2. The molecule has 44 heavy (non-hydrogen) atoms. The molecule has 9 rings (SSSR count). The number of pyridine rings is 1. The van der Waals surface area contributed by atoms with Crippen molar-refractivity contribution in [2.24, 2.45) is 0 Å². The van der Waals surface area contributed by atoms with Gasteiger partial charge >= 0.3 is 0 Å². The Kier molecular flexibility index (Phi) is 5.50. The molecular formula is C41H27N3. The van der Waals surface area contributed by atoms with Crippen LogP contribution in [0.3, 0.4) is 0 Å². The van der Waals surface area contributed by atoms with Gasteiger partial charge in [-0.25, -0.2) is 4.98 Å². The van der Waals surface area contributed by atoms with Gasteiger partial charge in [0.1, 0.15) is 5.65 Å². The fraction of sp³-hybridized carbons (Fsp3) is 0. The smallest absolute Gasteiger partial charge is 0.145 e. The highest BCUT2D eigenvalue weighted by atomic mass is 15.0. The zero-order chi connectivity index (χ0) is 29.0. The summed E-state index contributed by atoms with van der Waals surface area (Å²) in [5, 5.41) is 4.86. The van der Waals surface area contributed by atoms with Crippen molar-refractivity contribution in [2.45, 2.75) is 0 Å². The quantitative estimate of drug-likeness (QED) is 0.210. The molecule has 3 nitrogen and oxygen atoms in total. The second kappa shape index (κ2) is 9.82. The Balaban J connectivity index is 1.29. The van der Waals surface area contributed by atoms with Crippen molar-refractivity contribution in [3.05, 3.63) is 164 Å². The van der Waals surface area contributed by atoms with Crippen molar-refractivity contribution in [3.63, 3.8) is 0 Å². The molecule has 0 fully saturated rings. The van der Waals surface area contributed by atoms with Gasteiger partial charge in [0, 0.05) is 39.1 Å². The molecule has 3 aromatic heterocycles. The van der Waals surface area contributed by atoms with Gasteiger partial charge in [0.2, 0.25) is 0 Å². The van der Waals surface area contributed by atoms with Crippen molar-refractivity contribution >= 4 is 43.7 Å². The lowest BCUT2D eigenvalue weighted by molar-refractivity contribution is 1.14. The summed E-state index contributed by atoms with van der Waals surface area (Å²) in [5.74, 6) is 0. The van der Waals surface area contributed by atoms with E-state index in [-0.39, 0.29) is 0 Å². The number of benzene rings is 6. The topological polar surface area (TPSA) is 22.8 Å². The molecule has 0 bridgehead atoms. The molecule has 0 aliphatic carbocycles. The fourth-order valence-electron chi connectivity index (χ4n) is 6.82. The summed E-state index contributed by atoms with van der Waals surface area (Å²) < 4.78 is 4.68. The number of aromatic nitrogens is 3. The van der Waals surface area contributed by atoms with Crippen molar-refractivity contribution in [3.8, 4) is 33.6 Å². The van der Waals surface area contributed by atoms with Crippen LogP contribution in [0.2, 0.25) is 0 Å². The van der Waals surface area contributed by atoms with Gasteiger partial charge in [-0.05, 0) is 76.9 Å². The van der Waals surface area contributed by atoms with E-state index in [4.69, 9.17) is 4.98 Å². The van der Waals surface area contributed by atoms with Crippen LogP contribution in [0.5, 0.6) is 0 Å². The number of hydrogen-bond acceptors (Lipinski definition) is 1. The van der Waals surface area contributed by atoms with Crippen LogP contribution in [0.4, 0.5) is 0 Å². The minimum absolute atomic E-state index is 0.964. The molecule has 206 valence electrons. The zero-order valence-corrected chi connectivity index (χ0v) is 23.9. The first-order valence-corrected chi connectivity index (χ1v) is 15.0. The highest BCUT2D eigenvalue weighted by Crippen LogP contribution is 2.40. The number of hydrogen-bond donors (Lipinski definition) is 0. The molecule has 0 radical (unpaired) electrons. The van der Waals surface area contributed by atoms with Crippen LogP contribution in [0, 0.1) is 0 Å². The highest BCUT2D eigenvalue weighted by Gasteiger charge is 2.18. The van der Waals surface area contributed by atoms with E-state index in [1.54, 1.807) is 0 Å². The van der Waals surface area contributed by atoms with E-state index in [1.807, 2.05) is 12.3 Å². The van der Waals surface area contributed by atoms with Crippen molar-refractivity contribution in [1.82, 2.24) is 14.1 Å². The maximum atomic E-state index is 4.87. The van der Waals surface area contributed by atoms with Gasteiger partial charge in [-0.3, -0.25) is 4.57 Å². The molecular weight excluding hydrogens is 534 g/mol. The van der Waals surface area contributed by atoms with Crippen LogP contribution < -0.4 is 0 Å². The summed E-state index contributed by atoms with van der Waals surface area (Å²) in [6.45, 7) is 0. The molecule has 0 N–H and O–H groups in total. The molecule has 3 heterocycles. The Morgan fingerprint density at radius 3 is 1.89 bits per heavy atom. The standard InChI is InChI=1S/C41H27N3/c1-3-11-28(12-4-1)29-20-23-32(24-21-29)44-39-27-30(22-25-34(39)35-17-10-26-42-41(35)44)33-16-9-19-38-40(33)36-15-7-8-18-37(36)43(38)31-13-5-2-6-14-31/h1-27H. The van der Waals surface area contributed by atoms with E-state index in [9.17, 15) is 0 Å². The minimum atomic E-state index is 0.964. The molecule has 0 amide bonds. The van der Waals surface area contributed by atoms with E-state index in [1.165, 1.54) is 49.4 Å². The summed E-state index contributed by atoms with van der Waals surface area (Å²) in [6, 6.07) is 56.4. The van der Waals surface area contributed by atoms with Gasteiger partial charge in [-0.1, -0.05) is 103 Å². The third kappa shape index (κ3) is 3.73. The third-order valence-corrected chi connectivity index (χ3v) is 8.78. The van der Waals surface area contributed by atoms with Gasteiger partial charge < -0.3 is 4.57 Å². The highest BCUT2D eigenvalue weighted by molar-refractivity contribution is 6.17. The van der Waals surface area contributed by atoms with Gasteiger partial charge in [0.25, 0.3) is 0 Å². The second-order valence-corrected chi connectivity index (χ2v) is 11.2. The van der Waals surface area contributed by atoms with Crippen LogP contribution >= 0.6 is 0 Å². The van der Waals surface area contributed by atoms with Crippen molar-refractivity contribution in [1.29, 1.82) is 0 Å². The maximum absolute atomic E-state index is 4.87. The summed E-state index contributed by atoms with van der Waals surface area (Å²) in [5.41, 5.74) is 11.6. The van der Waals surface area contributed by atoms with Crippen molar-refractivity contribution in [2.75, 3.05) is 0 Å². The summed E-state index contributed by atoms with van der Waals surface area (Å²) >= 11 is 0. The molecule has 0 aliphatic rings. The average molecular weight is 562 g/mol. The predicted octanol–water partition coefficient (Wildman–Crippen LogP) is 10.6. The number of fused-ring (bicyclic) bond motifs is 6. The predicted molar refractivity (Wildman–Crippen MR) is 184 cm³/mol. The van der Waals surface area contributed by atoms with Crippen LogP contribution in [0.1, 0.15) is 0 Å². The van der Waals surface area contributed by atoms with E-state index < -0.39 is 0 Å². The Morgan fingerprint density at radius 1 is 0.386 bits per heavy atom. The summed E-state index contributed by atoms with van der Waals surface area (Å²) in [4.78, 5) is 4.87. The lowest BCUT2D eigenvalue weighted by atomic mass is 9.98. The van der Waals surface area contributed by atoms with Crippen LogP contribution in [0.15, 0.2) is 164 Å². The molecule has 3 heteroatoms. The maximum Gasteiger partial charge on any atom is 0.145 e. The minimum Gasteiger partial charge on any atom is -0.309 e. The monoisotopic (exact) mass is 561 g/mol. The number of nitrogens with zero attached hydrogens (tertiary/aromatic N) is 3. The van der Waals surface area contributed by atoms with Gasteiger partial charge in [-0.15, -0.1) is 0 Å². The summed E-state index contributed by atoms with van der Waals surface area (Å²) in [6.07, 6.45) is 1.89. The molecule has 0 aliphatic heterocycles. The first-order valence-electron chi connectivity index (χ1n) is 15.0. The lowest BCUT2D eigenvalue weighted by Gasteiger charge is -2.11. The van der Waals surface area contributed by atoms with Crippen LogP contribution in [-0.2, 0) is 0 Å². The molecule has 0 spiro atoms. The zero-order valence-electron chi connectivity index (χ0n) is 23.9. The number of rotatable bonds is 4. The molecule has 6 aromatic carbocycles. The normalized spacial score (nSPS) is 11.6. The van der Waals surface area contributed by atoms with E-state index >= 15 is 0 Å². The Morgan fingerprint density at radius 2 is 1.05 bits per heavy atom. The van der Waals surface area contributed by atoms with Crippen LogP contribution in [-0.4, -0.2) is 14.1 Å². The van der Waals surface area contributed by atoms with Crippen molar-refractivity contribution < 1.29 is 0 Å². The van der Waals surface area contributed by atoms with Gasteiger partial charge in [0.15, 0.2) is 0 Å². The third-order valence-electron chi connectivity index (χ3n) is 8.78. The molecule has 0 saturated carbocycles. The lowest BCUT2D eigenvalue weighted by Crippen LogP contribution is -1.95. The Hall–Kier alpha value is -5.93. The first-order chi connectivity index (χ1) is 21.8. The molecule has 0 atom stereocenters. The summed E-state index contributed by atoms with van der Waals surface area (Å²) in [7, 11) is 0. The largest absolute Gasteiger partial charge is 0.309 e. The van der Waals surface area contributed by atoms with E-state index in [0.717, 1.165) is 27.9 Å². The van der Waals surface area contributed by atoms with E-state index in [0.29, 0.717) is 0 Å².